The van der Waals surface area contributed by atoms with Gasteiger partial charge in [0.05, 0.1) is 6.54 Å². The van der Waals surface area contributed by atoms with E-state index in [-0.39, 0.29) is 29.9 Å². The number of guanidine groups is 1. The van der Waals surface area contributed by atoms with E-state index in [9.17, 15) is 4.79 Å². The molecule has 1 aromatic rings. The second kappa shape index (κ2) is 11.8. The maximum Gasteiger partial charge on any atom is 0.225 e. The summed E-state index contributed by atoms with van der Waals surface area (Å²) in [5, 5.41) is 6.68. The summed E-state index contributed by atoms with van der Waals surface area (Å²) in [7, 11) is 0. The Morgan fingerprint density at radius 3 is 2.50 bits per heavy atom. The molecule has 1 amide bonds. The molecular formula is C19H30IN7O. The molecule has 1 fully saturated rings. The second-order valence-electron chi connectivity index (χ2n) is 6.71. The highest BCUT2D eigenvalue weighted by Crippen LogP contribution is 2.11. The Morgan fingerprint density at radius 2 is 1.86 bits per heavy atom. The lowest BCUT2D eigenvalue weighted by atomic mass is 10.2. The highest BCUT2D eigenvalue weighted by atomic mass is 127. The zero-order chi connectivity index (χ0) is 18.9. The van der Waals surface area contributed by atoms with Crippen molar-refractivity contribution in [2.75, 3.05) is 44.2 Å². The van der Waals surface area contributed by atoms with E-state index in [0.717, 1.165) is 44.4 Å². The molecule has 28 heavy (non-hydrogen) atoms. The molecule has 1 aliphatic heterocycles. The topological polar surface area (TPSA) is 85.8 Å². The number of amides is 1. The number of carbonyl (C=O) groups excluding carboxylic acids is 1. The van der Waals surface area contributed by atoms with Crippen LogP contribution in [0.1, 0.15) is 26.2 Å². The number of carbonyl (C=O) groups is 1. The van der Waals surface area contributed by atoms with E-state index in [1.165, 1.54) is 0 Å². The van der Waals surface area contributed by atoms with E-state index in [4.69, 9.17) is 0 Å². The summed E-state index contributed by atoms with van der Waals surface area (Å²) in [4.78, 5) is 29.6. The van der Waals surface area contributed by atoms with E-state index in [1.54, 1.807) is 12.4 Å². The Morgan fingerprint density at radius 1 is 1.18 bits per heavy atom. The van der Waals surface area contributed by atoms with Crippen molar-refractivity contribution >= 4 is 41.8 Å². The van der Waals surface area contributed by atoms with Crippen molar-refractivity contribution in [3.8, 4) is 0 Å². The minimum absolute atomic E-state index is 0. The summed E-state index contributed by atoms with van der Waals surface area (Å²) >= 11 is 0. The number of anilines is 1. The molecule has 0 radical (unpaired) electrons. The molecule has 1 aliphatic carbocycles. The third-order valence-corrected chi connectivity index (χ3v) is 4.76. The molecule has 2 heterocycles. The minimum Gasteiger partial charge on any atom is -0.357 e. The van der Waals surface area contributed by atoms with Gasteiger partial charge in [-0.2, -0.15) is 0 Å². The van der Waals surface area contributed by atoms with Crippen molar-refractivity contribution < 1.29 is 4.79 Å². The zero-order valence-electron chi connectivity index (χ0n) is 16.4. The van der Waals surface area contributed by atoms with Gasteiger partial charge >= 0.3 is 0 Å². The summed E-state index contributed by atoms with van der Waals surface area (Å²) in [6.07, 6.45) is 10.3. The van der Waals surface area contributed by atoms with Crippen LogP contribution in [0.25, 0.3) is 0 Å². The van der Waals surface area contributed by atoms with Crippen molar-refractivity contribution in [2.24, 2.45) is 4.99 Å². The quantitative estimate of drug-likeness (QED) is 0.267. The normalized spacial score (nSPS) is 17.4. The number of aromatic nitrogens is 2. The molecule has 8 nitrogen and oxygen atoms in total. The number of piperazine rings is 1. The monoisotopic (exact) mass is 499 g/mol. The minimum atomic E-state index is 0. The first-order valence-corrected chi connectivity index (χ1v) is 9.76. The third-order valence-electron chi connectivity index (χ3n) is 4.76. The van der Waals surface area contributed by atoms with Crippen molar-refractivity contribution in [3.63, 3.8) is 0 Å². The largest absolute Gasteiger partial charge is 0.357 e. The number of nitrogens with zero attached hydrogens (tertiary/aromatic N) is 5. The summed E-state index contributed by atoms with van der Waals surface area (Å²) < 4.78 is 0. The van der Waals surface area contributed by atoms with Crippen molar-refractivity contribution in [1.82, 2.24) is 25.5 Å². The average molecular weight is 499 g/mol. The van der Waals surface area contributed by atoms with Crippen LogP contribution in [0.5, 0.6) is 0 Å². The summed E-state index contributed by atoms with van der Waals surface area (Å²) in [5.41, 5.74) is 0. The second-order valence-corrected chi connectivity index (χ2v) is 6.71. The Labute approximate surface area is 183 Å². The van der Waals surface area contributed by atoms with E-state index in [0.29, 0.717) is 32.1 Å². The Balaban J connectivity index is 0.00000280. The first-order valence-electron chi connectivity index (χ1n) is 9.76. The molecule has 3 rings (SSSR count). The van der Waals surface area contributed by atoms with Crippen LogP contribution < -0.4 is 15.5 Å². The molecule has 0 saturated carbocycles. The van der Waals surface area contributed by atoms with Crippen LogP contribution in [-0.2, 0) is 4.79 Å². The van der Waals surface area contributed by atoms with Crippen LogP contribution in [0.4, 0.5) is 5.95 Å². The van der Waals surface area contributed by atoms with Gasteiger partial charge in [0.2, 0.25) is 11.9 Å². The Bertz CT molecular complexity index is 652. The van der Waals surface area contributed by atoms with Crippen LogP contribution >= 0.6 is 24.0 Å². The van der Waals surface area contributed by atoms with E-state index >= 15 is 0 Å². The molecule has 1 aromatic heterocycles. The van der Waals surface area contributed by atoms with Gasteiger partial charge in [-0.25, -0.2) is 9.97 Å². The van der Waals surface area contributed by atoms with E-state index in [2.05, 4.69) is 42.6 Å². The molecule has 154 valence electrons. The predicted molar refractivity (Wildman–Crippen MR) is 122 cm³/mol. The number of aliphatic imine (C=N–C) groups is 1. The van der Waals surface area contributed by atoms with Gasteiger partial charge in [0.1, 0.15) is 0 Å². The van der Waals surface area contributed by atoms with Gasteiger partial charge in [0.15, 0.2) is 5.96 Å². The van der Waals surface area contributed by atoms with Gasteiger partial charge in [0.25, 0.3) is 0 Å². The standard InChI is InChI=1S/C19H29N7O.HI/c1-2-20-18(24-16-6-3-4-7-16)21-11-8-17(27)25-12-14-26(15-13-25)19-22-9-5-10-23-19;/h3-5,9-10,16H,2,6-8,11-15H2,1H3,(H2,20,21,24);1H. The predicted octanol–water partition coefficient (Wildman–Crippen LogP) is 1.41. The van der Waals surface area contributed by atoms with Crippen molar-refractivity contribution in [3.05, 3.63) is 30.6 Å². The van der Waals surface area contributed by atoms with Crippen molar-refractivity contribution in [2.45, 2.75) is 32.2 Å². The van der Waals surface area contributed by atoms with Crippen LogP contribution in [0, 0.1) is 0 Å². The molecule has 2 aliphatic rings. The third kappa shape index (κ3) is 6.61. The van der Waals surface area contributed by atoms with Gasteiger partial charge in [0, 0.05) is 57.6 Å². The number of nitrogens with one attached hydrogen (secondary N) is 2. The van der Waals surface area contributed by atoms with Gasteiger partial charge in [-0.05, 0) is 25.8 Å². The molecule has 0 aromatic carbocycles. The van der Waals surface area contributed by atoms with E-state index in [1.807, 2.05) is 17.9 Å². The molecule has 0 unspecified atom stereocenters. The van der Waals surface area contributed by atoms with Crippen LogP contribution in [-0.4, -0.2) is 72.0 Å². The average Bonchev–Trinajstić information content (AvgIpc) is 3.22. The summed E-state index contributed by atoms with van der Waals surface area (Å²) in [5.74, 6) is 1.69. The zero-order valence-corrected chi connectivity index (χ0v) is 18.7. The fraction of sp³-hybridized carbons (Fsp3) is 0.579. The molecule has 0 bridgehead atoms. The molecule has 1 saturated heterocycles. The maximum absolute atomic E-state index is 12.5. The number of hydrogen-bond donors (Lipinski definition) is 2. The summed E-state index contributed by atoms with van der Waals surface area (Å²) in [6.45, 7) is 6.28. The number of hydrogen-bond acceptors (Lipinski definition) is 5. The SMILES string of the molecule is CCNC(=NCCC(=O)N1CCN(c2ncccn2)CC1)NC1CC=CC1.I. The highest BCUT2D eigenvalue weighted by Gasteiger charge is 2.22. The molecule has 0 atom stereocenters. The lowest BCUT2D eigenvalue weighted by Crippen LogP contribution is -2.49. The first-order chi connectivity index (χ1) is 13.3. The molecule has 9 heteroatoms. The smallest absolute Gasteiger partial charge is 0.225 e. The fourth-order valence-corrected chi connectivity index (χ4v) is 3.28. The van der Waals surface area contributed by atoms with E-state index < -0.39 is 0 Å². The van der Waals surface area contributed by atoms with Crippen LogP contribution in [0.3, 0.4) is 0 Å². The lowest BCUT2D eigenvalue weighted by molar-refractivity contribution is -0.131. The molecular weight excluding hydrogens is 469 g/mol. The Kier molecular flexibility index (Phi) is 9.45. The fourth-order valence-electron chi connectivity index (χ4n) is 3.28. The van der Waals surface area contributed by atoms with Crippen LogP contribution in [0.2, 0.25) is 0 Å². The lowest BCUT2D eigenvalue weighted by Gasteiger charge is -2.34. The Hall–Kier alpha value is -1.91. The summed E-state index contributed by atoms with van der Waals surface area (Å²) in [6, 6.07) is 2.22. The van der Waals surface area contributed by atoms with Gasteiger partial charge in [-0.1, -0.05) is 12.2 Å². The van der Waals surface area contributed by atoms with Gasteiger partial charge in [-0.3, -0.25) is 9.79 Å². The highest BCUT2D eigenvalue weighted by molar-refractivity contribution is 14.0. The van der Waals surface area contributed by atoms with Gasteiger partial charge < -0.3 is 20.4 Å². The maximum atomic E-state index is 12.5. The molecule has 2 N–H and O–H groups in total. The van der Waals surface area contributed by atoms with Crippen LogP contribution in [0.15, 0.2) is 35.6 Å². The van der Waals surface area contributed by atoms with Crippen molar-refractivity contribution in [1.29, 1.82) is 0 Å². The number of halogens is 1. The van der Waals surface area contributed by atoms with Gasteiger partial charge in [-0.15, -0.1) is 24.0 Å². The molecule has 0 spiro atoms. The first kappa shape index (κ1) is 22.4. The number of rotatable bonds is 6.